The van der Waals surface area contributed by atoms with Gasteiger partial charge in [0.2, 0.25) is 0 Å². The molecule has 2 atom stereocenters. The van der Waals surface area contributed by atoms with Crippen LogP contribution in [0, 0.1) is 16.0 Å². The van der Waals surface area contributed by atoms with Crippen molar-refractivity contribution in [1.29, 1.82) is 0 Å². The van der Waals surface area contributed by atoms with Gasteiger partial charge in [-0.1, -0.05) is 0 Å². The standard InChI is InChI=1S/C13H16N2O5/c1-8(16)10-4-5-14(7-10)13(18)9-2-3-12(17)11(6-9)15(19)20/h2-3,6,8,10,16-17H,4-5,7H2,1H3. The minimum absolute atomic E-state index is 0.0334. The SMILES string of the molecule is CC(O)C1CCN(C(=O)c2ccc(O)c([N+](=O)[O-])c2)C1. The molecule has 0 saturated carbocycles. The molecule has 1 aromatic carbocycles. The number of likely N-dealkylation sites (tertiary alicyclic amines) is 1. The van der Waals surface area contributed by atoms with E-state index in [1.54, 1.807) is 11.8 Å². The molecule has 108 valence electrons. The molecule has 1 aliphatic rings. The van der Waals surface area contributed by atoms with E-state index >= 15 is 0 Å². The summed E-state index contributed by atoms with van der Waals surface area (Å²) in [6, 6.07) is 3.58. The number of hydrogen-bond donors (Lipinski definition) is 2. The zero-order valence-electron chi connectivity index (χ0n) is 11.0. The molecular formula is C13H16N2O5. The third kappa shape index (κ3) is 2.72. The number of phenols is 1. The van der Waals surface area contributed by atoms with Crippen LogP contribution < -0.4 is 0 Å². The molecule has 20 heavy (non-hydrogen) atoms. The van der Waals surface area contributed by atoms with Crippen molar-refractivity contribution in [2.75, 3.05) is 13.1 Å². The lowest BCUT2D eigenvalue weighted by Gasteiger charge is -2.17. The number of phenolic OH excluding ortho intramolecular Hbond substituents is 1. The van der Waals surface area contributed by atoms with Crippen LogP contribution in [0.1, 0.15) is 23.7 Å². The number of amides is 1. The summed E-state index contributed by atoms with van der Waals surface area (Å²) in [7, 11) is 0. The molecule has 2 rings (SSSR count). The van der Waals surface area contributed by atoms with Gasteiger partial charge >= 0.3 is 5.69 Å². The highest BCUT2D eigenvalue weighted by Gasteiger charge is 2.30. The number of benzene rings is 1. The average molecular weight is 280 g/mol. The second kappa shape index (κ2) is 5.46. The lowest BCUT2D eigenvalue weighted by molar-refractivity contribution is -0.385. The summed E-state index contributed by atoms with van der Waals surface area (Å²) in [4.78, 5) is 23.8. The summed E-state index contributed by atoms with van der Waals surface area (Å²) in [6.07, 6.45) is 0.228. The van der Waals surface area contributed by atoms with Gasteiger partial charge in [-0.15, -0.1) is 0 Å². The van der Waals surface area contributed by atoms with E-state index < -0.39 is 22.5 Å². The molecule has 0 radical (unpaired) electrons. The normalized spacial score (nSPS) is 19.9. The number of rotatable bonds is 3. The Bertz CT molecular complexity index is 544. The Kier molecular flexibility index (Phi) is 3.89. The van der Waals surface area contributed by atoms with Gasteiger partial charge in [0.25, 0.3) is 5.91 Å². The van der Waals surface area contributed by atoms with Gasteiger partial charge in [-0.3, -0.25) is 14.9 Å². The molecule has 1 fully saturated rings. The summed E-state index contributed by atoms with van der Waals surface area (Å²) in [5.41, 5.74) is -0.317. The summed E-state index contributed by atoms with van der Waals surface area (Å²) in [5.74, 6) is -0.753. The molecule has 1 saturated heterocycles. The quantitative estimate of drug-likeness (QED) is 0.638. The van der Waals surface area contributed by atoms with Crippen molar-refractivity contribution < 1.29 is 19.9 Å². The first-order valence-corrected chi connectivity index (χ1v) is 6.35. The van der Waals surface area contributed by atoms with E-state index in [-0.39, 0.29) is 17.4 Å². The Morgan fingerprint density at radius 2 is 2.25 bits per heavy atom. The van der Waals surface area contributed by atoms with Crippen molar-refractivity contribution in [2.24, 2.45) is 5.92 Å². The van der Waals surface area contributed by atoms with Crippen LogP contribution in [0.3, 0.4) is 0 Å². The third-order valence-electron chi connectivity index (χ3n) is 3.61. The van der Waals surface area contributed by atoms with Gasteiger partial charge in [0.1, 0.15) is 0 Å². The van der Waals surface area contributed by atoms with Crippen LogP contribution in [0.4, 0.5) is 5.69 Å². The van der Waals surface area contributed by atoms with Gasteiger partial charge in [0.05, 0.1) is 11.0 Å². The van der Waals surface area contributed by atoms with Crippen LogP contribution in [0.15, 0.2) is 18.2 Å². The average Bonchev–Trinajstić information content (AvgIpc) is 2.87. The van der Waals surface area contributed by atoms with Crippen molar-refractivity contribution in [3.05, 3.63) is 33.9 Å². The number of carbonyl (C=O) groups is 1. The molecule has 1 aliphatic heterocycles. The number of aliphatic hydroxyl groups is 1. The van der Waals surface area contributed by atoms with Crippen LogP contribution in [-0.4, -0.2) is 45.1 Å². The number of nitro benzene ring substituents is 1. The van der Waals surface area contributed by atoms with Gasteiger partial charge < -0.3 is 15.1 Å². The van der Waals surface area contributed by atoms with Crippen molar-refractivity contribution in [3.63, 3.8) is 0 Å². The first-order valence-electron chi connectivity index (χ1n) is 6.35. The Balaban J connectivity index is 2.18. The van der Waals surface area contributed by atoms with E-state index in [4.69, 9.17) is 0 Å². The molecule has 1 heterocycles. The Labute approximate surface area is 115 Å². The molecule has 7 heteroatoms. The van der Waals surface area contributed by atoms with Gasteiger partial charge in [-0.2, -0.15) is 0 Å². The van der Waals surface area contributed by atoms with E-state index in [0.717, 1.165) is 12.1 Å². The number of nitro groups is 1. The summed E-state index contributed by atoms with van der Waals surface area (Å²) >= 11 is 0. The molecule has 1 aromatic rings. The van der Waals surface area contributed by atoms with Crippen LogP contribution in [-0.2, 0) is 0 Å². The first kappa shape index (κ1) is 14.3. The maximum Gasteiger partial charge on any atom is 0.311 e. The van der Waals surface area contributed by atoms with Gasteiger partial charge in [0, 0.05) is 30.6 Å². The highest BCUT2D eigenvalue weighted by Crippen LogP contribution is 2.28. The minimum atomic E-state index is -0.727. The van der Waals surface area contributed by atoms with Gasteiger partial charge in [-0.05, 0) is 25.5 Å². The fourth-order valence-electron chi connectivity index (χ4n) is 2.35. The van der Waals surface area contributed by atoms with Crippen LogP contribution >= 0.6 is 0 Å². The van der Waals surface area contributed by atoms with Crippen molar-refractivity contribution >= 4 is 11.6 Å². The van der Waals surface area contributed by atoms with E-state index in [2.05, 4.69) is 0 Å². The maximum atomic E-state index is 12.2. The minimum Gasteiger partial charge on any atom is -0.502 e. The molecule has 0 spiro atoms. The maximum absolute atomic E-state index is 12.2. The molecule has 0 aliphatic carbocycles. The molecule has 2 N–H and O–H groups in total. The first-order chi connectivity index (χ1) is 9.40. The number of nitrogens with zero attached hydrogens (tertiary/aromatic N) is 2. The fraction of sp³-hybridized carbons (Fsp3) is 0.462. The second-order valence-corrected chi connectivity index (χ2v) is 5.00. The third-order valence-corrected chi connectivity index (χ3v) is 3.61. The fourth-order valence-corrected chi connectivity index (χ4v) is 2.35. The monoisotopic (exact) mass is 280 g/mol. The zero-order chi connectivity index (χ0) is 14.9. The lowest BCUT2D eigenvalue weighted by atomic mass is 10.0. The zero-order valence-corrected chi connectivity index (χ0v) is 11.0. The van der Waals surface area contributed by atoms with Crippen molar-refractivity contribution in [3.8, 4) is 5.75 Å². The Morgan fingerprint density at radius 3 is 2.80 bits per heavy atom. The number of aliphatic hydroxyl groups excluding tert-OH is 1. The number of hydrogen-bond acceptors (Lipinski definition) is 5. The summed E-state index contributed by atoms with van der Waals surface area (Å²) in [6.45, 7) is 2.64. The van der Waals surface area contributed by atoms with Crippen LogP contribution in [0.5, 0.6) is 5.75 Å². The molecule has 0 bridgehead atoms. The number of carbonyl (C=O) groups excluding carboxylic acids is 1. The van der Waals surface area contributed by atoms with Crippen LogP contribution in [0.25, 0.3) is 0 Å². The molecule has 2 unspecified atom stereocenters. The highest BCUT2D eigenvalue weighted by molar-refractivity contribution is 5.95. The van der Waals surface area contributed by atoms with Gasteiger partial charge in [0.15, 0.2) is 5.75 Å². The van der Waals surface area contributed by atoms with E-state index in [9.17, 15) is 25.1 Å². The predicted molar refractivity (Wildman–Crippen MR) is 70.5 cm³/mol. The topological polar surface area (TPSA) is 104 Å². The number of aromatic hydroxyl groups is 1. The van der Waals surface area contributed by atoms with E-state index in [1.165, 1.54) is 6.07 Å². The largest absolute Gasteiger partial charge is 0.502 e. The second-order valence-electron chi connectivity index (χ2n) is 5.00. The Hall–Kier alpha value is -2.15. The lowest BCUT2D eigenvalue weighted by Crippen LogP contribution is -2.30. The smallest absolute Gasteiger partial charge is 0.311 e. The molecule has 1 amide bonds. The summed E-state index contributed by atoms with van der Waals surface area (Å²) in [5, 5.41) is 29.6. The van der Waals surface area contributed by atoms with Crippen molar-refractivity contribution in [2.45, 2.75) is 19.4 Å². The van der Waals surface area contributed by atoms with Crippen molar-refractivity contribution in [1.82, 2.24) is 4.90 Å². The molecule has 7 nitrogen and oxygen atoms in total. The Morgan fingerprint density at radius 1 is 1.55 bits per heavy atom. The van der Waals surface area contributed by atoms with E-state index in [1.807, 2.05) is 0 Å². The highest BCUT2D eigenvalue weighted by atomic mass is 16.6. The van der Waals surface area contributed by atoms with Crippen LogP contribution in [0.2, 0.25) is 0 Å². The molecule has 0 aromatic heterocycles. The summed E-state index contributed by atoms with van der Waals surface area (Å²) < 4.78 is 0. The van der Waals surface area contributed by atoms with E-state index in [0.29, 0.717) is 19.5 Å². The van der Waals surface area contributed by atoms with Gasteiger partial charge in [-0.25, -0.2) is 0 Å². The molecular weight excluding hydrogens is 264 g/mol. The predicted octanol–water partition coefficient (Wildman–Crippen LogP) is 1.14.